The van der Waals surface area contributed by atoms with E-state index >= 15 is 0 Å². The number of hydrogen-bond donors (Lipinski definition) is 3. The zero-order chi connectivity index (χ0) is 20.8. The Morgan fingerprint density at radius 3 is 2.48 bits per heavy atom. The molecule has 2 aromatic heterocycles. The molecule has 1 aliphatic heterocycles. The number of methoxy groups -OCH3 is 1. The first-order valence-electron chi connectivity index (χ1n) is 8.93. The molecule has 0 bridgehead atoms. The number of H-pyrrole nitrogens is 1. The number of hydrogen-bond acceptors (Lipinski definition) is 9. The first-order chi connectivity index (χ1) is 13.8. The molecule has 0 atom stereocenters. The molecule has 11 nitrogen and oxygen atoms in total. The minimum atomic E-state index is -3.17. The third-order valence-corrected chi connectivity index (χ3v) is 6.21. The van der Waals surface area contributed by atoms with Gasteiger partial charge >= 0.3 is 0 Å². The van der Waals surface area contributed by atoms with Gasteiger partial charge in [-0.05, 0) is 12.1 Å². The van der Waals surface area contributed by atoms with Gasteiger partial charge in [0.2, 0.25) is 16.0 Å². The lowest BCUT2D eigenvalue weighted by Crippen LogP contribution is -2.48. The monoisotopic (exact) mass is 418 g/mol. The number of nitrogens with two attached hydrogens (primary N) is 2. The van der Waals surface area contributed by atoms with Crippen LogP contribution in [0, 0.1) is 0 Å². The number of rotatable bonds is 4. The van der Waals surface area contributed by atoms with Gasteiger partial charge in [0.1, 0.15) is 17.1 Å². The Bertz CT molecular complexity index is 1170. The Kier molecular flexibility index (Phi) is 4.67. The lowest BCUT2D eigenvalue weighted by atomic mass is 10.1. The van der Waals surface area contributed by atoms with E-state index in [0.29, 0.717) is 48.9 Å². The van der Waals surface area contributed by atoms with E-state index < -0.39 is 10.0 Å². The summed E-state index contributed by atoms with van der Waals surface area (Å²) in [6.45, 7) is 2.11. The van der Waals surface area contributed by atoms with E-state index in [2.05, 4.69) is 24.8 Å². The van der Waals surface area contributed by atoms with Crippen molar-refractivity contribution < 1.29 is 13.2 Å². The molecule has 5 N–H and O–H groups in total. The van der Waals surface area contributed by atoms with Crippen LogP contribution in [0.25, 0.3) is 22.6 Å². The summed E-state index contributed by atoms with van der Waals surface area (Å²) in [5.74, 6) is 1.44. The second kappa shape index (κ2) is 7.04. The highest BCUT2D eigenvalue weighted by Crippen LogP contribution is 2.34. The first kappa shape index (κ1) is 19.2. The summed E-state index contributed by atoms with van der Waals surface area (Å²) in [7, 11) is -1.58. The molecule has 0 radical (unpaired) electrons. The molecule has 0 unspecified atom stereocenters. The van der Waals surface area contributed by atoms with Gasteiger partial charge < -0.3 is 26.1 Å². The molecule has 154 valence electrons. The summed E-state index contributed by atoms with van der Waals surface area (Å²) in [5.41, 5.74) is 14.1. The number of anilines is 3. The third-order valence-electron chi connectivity index (χ3n) is 4.91. The summed E-state index contributed by atoms with van der Waals surface area (Å²) in [6, 6.07) is 5.74. The fraction of sp³-hybridized carbons (Fsp3) is 0.353. The predicted molar refractivity (Wildman–Crippen MR) is 111 cm³/mol. The van der Waals surface area contributed by atoms with Gasteiger partial charge in [0.25, 0.3) is 0 Å². The molecule has 1 aliphatic rings. The van der Waals surface area contributed by atoms with Crippen LogP contribution in [-0.2, 0) is 10.0 Å². The SMILES string of the molecule is COc1cc(N2CCN(S(C)(=O)=O)CC2)ccc1-c1nc2nc(N)nc(N)c2[nH]1. The van der Waals surface area contributed by atoms with Gasteiger partial charge in [0, 0.05) is 37.9 Å². The van der Waals surface area contributed by atoms with E-state index in [1.807, 2.05) is 18.2 Å². The molecule has 3 aromatic rings. The van der Waals surface area contributed by atoms with Crippen molar-refractivity contribution in [1.82, 2.24) is 24.2 Å². The molecule has 29 heavy (non-hydrogen) atoms. The summed E-state index contributed by atoms with van der Waals surface area (Å²) in [5, 5.41) is 0. The largest absolute Gasteiger partial charge is 0.496 e. The van der Waals surface area contributed by atoms with Crippen molar-refractivity contribution in [3.8, 4) is 17.1 Å². The van der Waals surface area contributed by atoms with Crippen molar-refractivity contribution in [1.29, 1.82) is 0 Å². The van der Waals surface area contributed by atoms with Gasteiger partial charge in [-0.3, -0.25) is 0 Å². The maximum absolute atomic E-state index is 11.7. The van der Waals surface area contributed by atoms with E-state index in [1.54, 1.807) is 7.11 Å². The summed E-state index contributed by atoms with van der Waals surface area (Å²) >= 11 is 0. The second-order valence-electron chi connectivity index (χ2n) is 6.78. The van der Waals surface area contributed by atoms with Crippen LogP contribution in [0.2, 0.25) is 0 Å². The number of aromatic amines is 1. The smallest absolute Gasteiger partial charge is 0.224 e. The Labute approximate surface area is 167 Å². The van der Waals surface area contributed by atoms with Crippen molar-refractivity contribution in [2.24, 2.45) is 0 Å². The zero-order valence-electron chi connectivity index (χ0n) is 16.1. The number of nitrogen functional groups attached to an aromatic ring is 2. The fourth-order valence-corrected chi connectivity index (χ4v) is 4.24. The molecule has 1 aromatic carbocycles. The van der Waals surface area contributed by atoms with E-state index in [9.17, 15) is 8.42 Å². The molecular formula is C17H22N8O3S. The molecule has 4 rings (SSSR count). The highest BCUT2D eigenvalue weighted by molar-refractivity contribution is 7.88. The molecule has 0 spiro atoms. The maximum atomic E-state index is 11.7. The van der Waals surface area contributed by atoms with Crippen molar-refractivity contribution in [2.45, 2.75) is 0 Å². The number of piperazine rings is 1. The van der Waals surface area contributed by atoms with Crippen LogP contribution in [0.1, 0.15) is 0 Å². The van der Waals surface area contributed by atoms with Crippen LogP contribution in [0.3, 0.4) is 0 Å². The molecule has 0 aliphatic carbocycles. The van der Waals surface area contributed by atoms with Gasteiger partial charge in [0.15, 0.2) is 11.5 Å². The van der Waals surface area contributed by atoms with Crippen molar-refractivity contribution >= 4 is 38.6 Å². The molecule has 3 heterocycles. The number of nitrogens with one attached hydrogen (secondary N) is 1. The third kappa shape index (κ3) is 3.63. The van der Waals surface area contributed by atoms with Crippen LogP contribution >= 0.6 is 0 Å². The molecular weight excluding hydrogens is 396 g/mol. The Hall–Kier alpha value is -3.12. The number of sulfonamides is 1. The molecule has 1 saturated heterocycles. The predicted octanol–water partition coefficient (Wildman–Crippen LogP) is 0.275. The van der Waals surface area contributed by atoms with E-state index in [4.69, 9.17) is 16.2 Å². The Balaban J connectivity index is 1.63. The highest BCUT2D eigenvalue weighted by atomic mass is 32.2. The lowest BCUT2D eigenvalue weighted by molar-refractivity contribution is 0.387. The lowest BCUT2D eigenvalue weighted by Gasteiger charge is -2.35. The molecule has 12 heteroatoms. The van der Waals surface area contributed by atoms with Gasteiger partial charge in [-0.2, -0.15) is 14.3 Å². The Morgan fingerprint density at radius 2 is 1.83 bits per heavy atom. The summed E-state index contributed by atoms with van der Waals surface area (Å²) in [4.78, 5) is 17.7. The second-order valence-corrected chi connectivity index (χ2v) is 8.77. The number of nitrogens with zero attached hydrogens (tertiary/aromatic N) is 5. The van der Waals surface area contributed by atoms with E-state index in [0.717, 1.165) is 11.3 Å². The number of imidazole rings is 1. The van der Waals surface area contributed by atoms with Gasteiger partial charge in [-0.25, -0.2) is 13.4 Å². The van der Waals surface area contributed by atoms with Crippen LogP contribution in [0.4, 0.5) is 17.5 Å². The van der Waals surface area contributed by atoms with Gasteiger partial charge in [-0.1, -0.05) is 0 Å². The van der Waals surface area contributed by atoms with E-state index in [-0.39, 0.29) is 11.8 Å². The van der Waals surface area contributed by atoms with Crippen molar-refractivity contribution in [3.63, 3.8) is 0 Å². The number of benzene rings is 1. The first-order valence-corrected chi connectivity index (χ1v) is 10.8. The highest BCUT2D eigenvalue weighted by Gasteiger charge is 2.24. The standard InChI is InChI=1S/C17H22N8O3S/c1-28-12-9-10(24-5-7-25(8-6-24)29(2,26)27)3-4-11(12)15-20-13-14(18)21-17(19)23-16(13)22-15/h3-4,9H,5-8H2,1-2H3,(H5,18,19,20,21,22,23). The number of fused-ring (bicyclic) bond motifs is 1. The topological polar surface area (TPSA) is 156 Å². The molecule has 0 amide bonds. The van der Waals surface area contributed by atoms with Crippen LogP contribution < -0.4 is 21.1 Å². The van der Waals surface area contributed by atoms with Crippen LogP contribution in [-0.4, -0.2) is 72.2 Å². The quantitative estimate of drug-likeness (QED) is 0.541. The van der Waals surface area contributed by atoms with Gasteiger partial charge in [-0.15, -0.1) is 0 Å². The minimum absolute atomic E-state index is 0.0589. The fourth-order valence-electron chi connectivity index (χ4n) is 3.41. The van der Waals surface area contributed by atoms with Crippen LogP contribution in [0.15, 0.2) is 18.2 Å². The molecule has 0 saturated carbocycles. The zero-order valence-corrected chi connectivity index (χ0v) is 16.9. The average Bonchev–Trinajstić information content (AvgIpc) is 3.11. The van der Waals surface area contributed by atoms with Crippen molar-refractivity contribution in [2.75, 3.05) is 55.9 Å². The summed E-state index contributed by atoms with van der Waals surface area (Å²) in [6.07, 6.45) is 1.23. The molecule has 1 fully saturated rings. The normalized spacial score (nSPS) is 15.7. The Morgan fingerprint density at radius 1 is 1.10 bits per heavy atom. The average molecular weight is 418 g/mol. The maximum Gasteiger partial charge on any atom is 0.224 e. The van der Waals surface area contributed by atoms with Gasteiger partial charge in [0.05, 0.1) is 18.9 Å². The number of aromatic nitrogens is 4. The number of ether oxygens (including phenoxy) is 1. The van der Waals surface area contributed by atoms with Crippen molar-refractivity contribution in [3.05, 3.63) is 18.2 Å². The summed E-state index contributed by atoms with van der Waals surface area (Å²) < 4.78 is 30.5. The minimum Gasteiger partial charge on any atom is -0.496 e. The van der Waals surface area contributed by atoms with Crippen LogP contribution in [0.5, 0.6) is 5.75 Å². The van der Waals surface area contributed by atoms with E-state index in [1.165, 1.54) is 10.6 Å².